The molecule has 2 aromatic rings. The van der Waals surface area contributed by atoms with Crippen LogP contribution in [0.5, 0.6) is 0 Å². The summed E-state index contributed by atoms with van der Waals surface area (Å²) in [4.78, 5) is 12.5. The maximum atomic E-state index is 12.5. The number of fused-ring (bicyclic) bond motifs is 1. The molecule has 0 saturated carbocycles. The molecule has 1 heterocycles. The fraction of sp³-hybridized carbons (Fsp3) is 0.188. The molecular weight excluding hydrogens is 363 g/mol. The standard InChI is InChI=1S/C16H15IN2O/c1-10-8-11(17)6-7-14(10)19-16(20)13-9-18-15-5-3-2-4-12(13)15/h2-8,13,18H,9H2,1H3,(H,19,20). The lowest BCUT2D eigenvalue weighted by Crippen LogP contribution is -2.22. The summed E-state index contributed by atoms with van der Waals surface area (Å²) in [6.45, 7) is 2.67. The van der Waals surface area contributed by atoms with Gasteiger partial charge in [-0.25, -0.2) is 0 Å². The lowest BCUT2D eigenvalue weighted by atomic mass is 10.0. The summed E-state index contributed by atoms with van der Waals surface area (Å²) in [6, 6.07) is 14.0. The predicted molar refractivity (Wildman–Crippen MR) is 90.2 cm³/mol. The molecule has 20 heavy (non-hydrogen) atoms. The fourth-order valence-electron chi connectivity index (χ4n) is 2.50. The van der Waals surface area contributed by atoms with Crippen molar-refractivity contribution < 1.29 is 4.79 Å². The van der Waals surface area contributed by atoms with E-state index in [1.165, 1.54) is 3.57 Å². The monoisotopic (exact) mass is 378 g/mol. The highest BCUT2D eigenvalue weighted by Gasteiger charge is 2.28. The van der Waals surface area contributed by atoms with Gasteiger partial charge in [0.1, 0.15) is 0 Å². The van der Waals surface area contributed by atoms with Gasteiger partial charge in [-0.05, 0) is 64.9 Å². The second kappa shape index (κ2) is 5.44. The Bertz CT molecular complexity index is 669. The Kier molecular flexibility index (Phi) is 3.65. The van der Waals surface area contributed by atoms with Crippen molar-refractivity contribution in [3.63, 3.8) is 0 Å². The Morgan fingerprint density at radius 3 is 2.90 bits per heavy atom. The molecular formula is C16H15IN2O. The molecule has 0 fully saturated rings. The SMILES string of the molecule is Cc1cc(I)ccc1NC(=O)C1CNc2ccccc21. The third-order valence-electron chi connectivity index (χ3n) is 3.60. The first kappa shape index (κ1) is 13.4. The highest BCUT2D eigenvalue weighted by Crippen LogP contribution is 2.32. The molecule has 0 bridgehead atoms. The molecule has 1 amide bonds. The van der Waals surface area contributed by atoms with Crippen molar-refractivity contribution in [2.24, 2.45) is 0 Å². The van der Waals surface area contributed by atoms with Crippen molar-refractivity contribution in [1.82, 2.24) is 0 Å². The quantitative estimate of drug-likeness (QED) is 0.782. The van der Waals surface area contributed by atoms with Gasteiger partial charge in [0.2, 0.25) is 5.91 Å². The average Bonchev–Trinajstić information content (AvgIpc) is 2.86. The van der Waals surface area contributed by atoms with E-state index in [-0.39, 0.29) is 11.8 Å². The van der Waals surface area contributed by atoms with Crippen molar-refractivity contribution in [1.29, 1.82) is 0 Å². The zero-order valence-electron chi connectivity index (χ0n) is 11.1. The highest BCUT2D eigenvalue weighted by atomic mass is 127. The molecule has 1 aliphatic heterocycles. The van der Waals surface area contributed by atoms with Crippen molar-refractivity contribution in [3.8, 4) is 0 Å². The van der Waals surface area contributed by atoms with E-state index in [4.69, 9.17) is 0 Å². The van der Waals surface area contributed by atoms with Gasteiger partial charge in [-0.15, -0.1) is 0 Å². The Hall–Kier alpha value is -1.56. The number of carbonyl (C=O) groups excluding carboxylic acids is 1. The smallest absolute Gasteiger partial charge is 0.233 e. The topological polar surface area (TPSA) is 41.1 Å². The van der Waals surface area contributed by atoms with Crippen molar-refractivity contribution in [2.45, 2.75) is 12.8 Å². The lowest BCUT2D eigenvalue weighted by molar-refractivity contribution is -0.117. The van der Waals surface area contributed by atoms with Crippen LogP contribution in [-0.4, -0.2) is 12.5 Å². The Morgan fingerprint density at radius 1 is 1.30 bits per heavy atom. The summed E-state index contributed by atoms with van der Waals surface area (Å²) < 4.78 is 1.17. The second-order valence-electron chi connectivity index (χ2n) is 4.97. The fourth-order valence-corrected chi connectivity index (χ4v) is 3.15. The van der Waals surface area contributed by atoms with Crippen LogP contribution in [0.15, 0.2) is 42.5 Å². The van der Waals surface area contributed by atoms with Gasteiger partial charge in [0.05, 0.1) is 5.92 Å². The van der Waals surface area contributed by atoms with Crippen molar-refractivity contribution >= 4 is 39.9 Å². The van der Waals surface area contributed by atoms with Crippen LogP contribution in [0.2, 0.25) is 0 Å². The summed E-state index contributed by atoms with van der Waals surface area (Å²) in [5.74, 6) is -0.0726. The summed E-state index contributed by atoms with van der Waals surface area (Å²) in [6.07, 6.45) is 0. The van der Waals surface area contributed by atoms with Gasteiger partial charge in [-0.1, -0.05) is 18.2 Å². The molecule has 0 saturated heterocycles. The molecule has 1 aliphatic rings. The maximum absolute atomic E-state index is 12.5. The van der Waals surface area contributed by atoms with Crippen LogP contribution in [0.4, 0.5) is 11.4 Å². The normalized spacial score (nSPS) is 16.4. The van der Waals surface area contributed by atoms with Crippen LogP contribution >= 0.6 is 22.6 Å². The van der Waals surface area contributed by atoms with Crippen LogP contribution in [0.1, 0.15) is 17.0 Å². The lowest BCUT2D eigenvalue weighted by Gasteiger charge is -2.13. The number of rotatable bonds is 2. The van der Waals surface area contributed by atoms with Gasteiger partial charge < -0.3 is 10.6 Å². The van der Waals surface area contributed by atoms with E-state index in [1.54, 1.807) is 0 Å². The first-order valence-corrected chi connectivity index (χ1v) is 7.63. The summed E-state index contributed by atoms with van der Waals surface area (Å²) in [7, 11) is 0. The van der Waals surface area contributed by atoms with Crippen LogP contribution in [-0.2, 0) is 4.79 Å². The van der Waals surface area contributed by atoms with Gasteiger partial charge in [0, 0.05) is 21.5 Å². The number of nitrogens with one attached hydrogen (secondary N) is 2. The van der Waals surface area contributed by atoms with Crippen LogP contribution in [0, 0.1) is 10.5 Å². The molecule has 0 radical (unpaired) electrons. The minimum absolute atomic E-state index is 0.0479. The number of para-hydroxylation sites is 1. The Labute approximate surface area is 131 Å². The third kappa shape index (κ3) is 2.52. The number of aryl methyl sites for hydroxylation is 1. The number of amides is 1. The zero-order valence-corrected chi connectivity index (χ0v) is 13.3. The van der Waals surface area contributed by atoms with Gasteiger partial charge in [0.15, 0.2) is 0 Å². The minimum atomic E-state index is -0.120. The second-order valence-corrected chi connectivity index (χ2v) is 6.21. The summed E-state index contributed by atoms with van der Waals surface area (Å²) in [5.41, 5.74) is 4.12. The highest BCUT2D eigenvalue weighted by molar-refractivity contribution is 14.1. The molecule has 4 heteroatoms. The van der Waals surface area contributed by atoms with E-state index in [2.05, 4.69) is 39.3 Å². The summed E-state index contributed by atoms with van der Waals surface area (Å²) in [5, 5.41) is 6.32. The molecule has 1 atom stereocenters. The minimum Gasteiger partial charge on any atom is -0.384 e. The van der Waals surface area contributed by atoms with Crippen molar-refractivity contribution in [3.05, 3.63) is 57.2 Å². The molecule has 0 aromatic heterocycles. The van der Waals surface area contributed by atoms with E-state index in [0.717, 1.165) is 22.5 Å². The molecule has 0 aliphatic carbocycles. The largest absolute Gasteiger partial charge is 0.384 e. The van der Waals surface area contributed by atoms with Gasteiger partial charge in [-0.2, -0.15) is 0 Å². The van der Waals surface area contributed by atoms with E-state index in [0.29, 0.717) is 6.54 Å². The van der Waals surface area contributed by atoms with E-state index < -0.39 is 0 Å². The third-order valence-corrected chi connectivity index (χ3v) is 4.27. The number of halogens is 1. The number of hydrogen-bond acceptors (Lipinski definition) is 2. The van der Waals surface area contributed by atoms with Crippen molar-refractivity contribution in [2.75, 3.05) is 17.2 Å². The van der Waals surface area contributed by atoms with Crippen LogP contribution in [0.3, 0.4) is 0 Å². The van der Waals surface area contributed by atoms with Gasteiger partial charge in [-0.3, -0.25) is 4.79 Å². The Morgan fingerprint density at radius 2 is 2.10 bits per heavy atom. The predicted octanol–water partition coefficient (Wildman–Crippen LogP) is 3.75. The first-order chi connectivity index (χ1) is 9.65. The molecule has 0 spiro atoms. The number of carbonyl (C=O) groups is 1. The number of anilines is 2. The average molecular weight is 378 g/mol. The maximum Gasteiger partial charge on any atom is 0.233 e. The molecule has 2 N–H and O–H groups in total. The Balaban J connectivity index is 1.81. The molecule has 3 rings (SSSR count). The first-order valence-electron chi connectivity index (χ1n) is 6.55. The molecule has 1 unspecified atom stereocenters. The van der Waals surface area contributed by atoms with E-state index in [9.17, 15) is 4.79 Å². The van der Waals surface area contributed by atoms with E-state index >= 15 is 0 Å². The zero-order chi connectivity index (χ0) is 14.1. The summed E-state index contributed by atoms with van der Waals surface area (Å²) >= 11 is 2.27. The molecule has 102 valence electrons. The van der Waals surface area contributed by atoms with Crippen LogP contribution in [0.25, 0.3) is 0 Å². The number of benzene rings is 2. The molecule has 2 aromatic carbocycles. The van der Waals surface area contributed by atoms with Gasteiger partial charge in [0.25, 0.3) is 0 Å². The van der Waals surface area contributed by atoms with Gasteiger partial charge >= 0.3 is 0 Å². The van der Waals surface area contributed by atoms with Crippen LogP contribution < -0.4 is 10.6 Å². The van der Waals surface area contributed by atoms with E-state index in [1.807, 2.05) is 43.3 Å². The molecule has 3 nitrogen and oxygen atoms in total. The number of hydrogen-bond donors (Lipinski definition) is 2.